The number of sulfonamides is 1. The molecular formula is C32H41N3O5S. The number of nitrogens with zero attached hydrogens (tertiary/aromatic N) is 2. The molecule has 8 nitrogen and oxygen atoms in total. The maximum Gasteiger partial charge on any atom is 0.244 e. The number of hydrogen-bond acceptors (Lipinski definition) is 5. The Morgan fingerprint density at radius 3 is 2.15 bits per heavy atom. The van der Waals surface area contributed by atoms with E-state index in [1.807, 2.05) is 88.4 Å². The van der Waals surface area contributed by atoms with Crippen molar-refractivity contribution in [2.75, 3.05) is 24.2 Å². The summed E-state index contributed by atoms with van der Waals surface area (Å²) in [5.74, 6) is -0.461. The molecule has 0 saturated carbocycles. The van der Waals surface area contributed by atoms with Gasteiger partial charge in [0.1, 0.15) is 18.3 Å². The van der Waals surface area contributed by atoms with Crippen LogP contribution in [-0.2, 0) is 32.6 Å². The van der Waals surface area contributed by atoms with Gasteiger partial charge in [-0.1, -0.05) is 73.2 Å². The first-order valence-electron chi connectivity index (χ1n) is 13.7. The van der Waals surface area contributed by atoms with Crippen molar-refractivity contribution in [3.8, 4) is 5.75 Å². The summed E-state index contributed by atoms with van der Waals surface area (Å²) in [4.78, 5) is 29.5. The molecule has 0 heterocycles. The smallest absolute Gasteiger partial charge is 0.244 e. The van der Waals surface area contributed by atoms with E-state index in [0.29, 0.717) is 5.75 Å². The van der Waals surface area contributed by atoms with Gasteiger partial charge in [0.25, 0.3) is 0 Å². The van der Waals surface area contributed by atoms with Gasteiger partial charge in [-0.25, -0.2) is 8.42 Å². The summed E-state index contributed by atoms with van der Waals surface area (Å²) < 4.78 is 32.6. The average molecular weight is 580 g/mol. The molecule has 2 unspecified atom stereocenters. The van der Waals surface area contributed by atoms with Gasteiger partial charge < -0.3 is 15.0 Å². The quantitative estimate of drug-likeness (QED) is 0.319. The van der Waals surface area contributed by atoms with E-state index in [4.69, 9.17) is 4.74 Å². The molecule has 0 radical (unpaired) electrons. The van der Waals surface area contributed by atoms with E-state index in [-0.39, 0.29) is 30.6 Å². The van der Waals surface area contributed by atoms with Crippen LogP contribution in [0.15, 0.2) is 72.8 Å². The van der Waals surface area contributed by atoms with E-state index < -0.39 is 28.5 Å². The van der Waals surface area contributed by atoms with Crippen LogP contribution >= 0.6 is 0 Å². The third-order valence-corrected chi connectivity index (χ3v) is 8.15. The van der Waals surface area contributed by atoms with Crippen LogP contribution in [0.25, 0.3) is 0 Å². The molecule has 41 heavy (non-hydrogen) atoms. The Labute approximate surface area is 244 Å². The summed E-state index contributed by atoms with van der Waals surface area (Å²) in [6.45, 7) is 7.35. The van der Waals surface area contributed by atoms with Gasteiger partial charge in [-0.3, -0.25) is 13.9 Å². The second-order valence-corrected chi connectivity index (χ2v) is 12.4. The van der Waals surface area contributed by atoms with Crippen LogP contribution in [0.5, 0.6) is 5.75 Å². The highest BCUT2D eigenvalue weighted by Gasteiger charge is 2.34. The van der Waals surface area contributed by atoms with Crippen molar-refractivity contribution >= 4 is 27.5 Å². The van der Waals surface area contributed by atoms with E-state index in [1.165, 1.54) is 12.0 Å². The van der Waals surface area contributed by atoms with Crippen LogP contribution in [0.2, 0.25) is 0 Å². The van der Waals surface area contributed by atoms with Crippen molar-refractivity contribution < 1.29 is 22.7 Å². The summed E-state index contributed by atoms with van der Waals surface area (Å²) >= 11 is 0. The number of nitrogens with one attached hydrogen (secondary N) is 1. The zero-order valence-corrected chi connectivity index (χ0v) is 25.6. The lowest BCUT2D eigenvalue weighted by Crippen LogP contribution is -2.54. The van der Waals surface area contributed by atoms with Crippen LogP contribution in [-0.4, -0.2) is 57.1 Å². The lowest BCUT2D eigenvalue weighted by atomic mass is 10.0. The van der Waals surface area contributed by atoms with Crippen molar-refractivity contribution in [3.63, 3.8) is 0 Å². The number of methoxy groups -OCH3 is 1. The van der Waals surface area contributed by atoms with Gasteiger partial charge in [-0.05, 0) is 56.0 Å². The minimum atomic E-state index is -3.90. The minimum absolute atomic E-state index is 0.0961. The van der Waals surface area contributed by atoms with E-state index in [0.717, 1.165) is 39.2 Å². The van der Waals surface area contributed by atoms with E-state index in [9.17, 15) is 18.0 Å². The van der Waals surface area contributed by atoms with Crippen molar-refractivity contribution in [2.45, 2.75) is 59.2 Å². The number of rotatable bonds is 13. The molecule has 9 heteroatoms. The second-order valence-electron chi connectivity index (χ2n) is 10.5. The van der Waals surface area contributed by atoms with Crippen LogP contribution < -0.4 is 14.4 Å². The van der Waals surface area contributed by atoms with Gasteiger partial charge in [0.2, 0.25) is 21.8 Å². The molecule has 2 atom stereocenters. The Hall–Kier alpha value is -3.85. The summed E-state index contributed by atoms with van der Waals surface area (Å²) in [7, 11) is -2.44. The first-order valence-corrected chi connectivity index (χ1v) is 15.6. The largest absolute Gasteiger partial charge is 0.495 e. The zero-order valence-electron chi connectivity index (χ0n) is 24.8. The van der Waals surface area contributed by atoms with Gasteiger partial charge in [-0.15, -0.1) is 0 Å². The number of amides is 2. The molecule has 0 saturated heterocycles. The molecule has 0 fully saturated rings. The fraction of sp³-hybridized carbons (Fsp3) is 0.375. The molecule has 0 bridgehead atoms. The predicted octanol–water partition coefficient (Wildman–Crippen LogP) is 4.63. The fourth-order valence-corrected chi connectivity index (χ4v) is 5.32. The Bertz CT molecular complexity index is 1430. The number of hydrogen-bond donors (Lipinski definition) is 1. The number of anilines is 1. The van der Waals surface area contributed by atoms with Crippen molar-refractivity contribution in [1.82, 2.24) is 10.2 Å². The summed E-state index contributed by atoms with van der Waals surface area (Å²) in [6.07, 6.45) is 2.06. The van der Waals surface area contributed by atoms with Crippen molar-refractivity contribution in [1.29, 1.82) is 0 Å². The van der Waals surface area contributed by atoms with Gasteiger partial charge in [-0.2, -0.15) is 0 Å². The lowest BCUT2D eigenvalue weighted by Gasteiger charge is -2.34. The number of ether oxygens (including phenoxy) is 1. The highest BCUT2D eigenvalue weighted by Crippen LogP contribution is 2.31. The molecule has 3 aromatic carbocycles. The Kier molecular flexibility index (Phi) is 10.9. The SMILES string of the molecule is CCC(C)NC(=O)C(Cc1ccccc1)N(Cc1ccc(C)cc1)C(=O)CN(c1cc(C)ccc1OC)S(C)(=O)=O. The first-order chi connectivity index (χ1) is 19.4. The maximum absolute atomic E-state index is 14.2. The third kappa shape index (κ3) is 8.82. The first kappa shape index (κ1) is 31.7. The highest BCUT2D eigenvalue weighted by atomic mass is 32.2. The predicted molar refractivity (Wildman–Crippen MR) is 163 cm³/mol. The van der Waals surface area contributed by atoms with Crippen LogP contribution in [0.4, 0.5) is 5.69 Å². The van der Waals surface area contributed by atoms with Crippen molar-refractivity contribution in [3.05, 3.63) is 95.1 Å². The van der Waals surface area contributed by atoms with Crippen LogP contribution in [0.3, 0.4) is 0 Å². The Morgan fingerprint density at radius 1 is 0.927 bits per heavy atom. The maximum atomic E-state index is 14.2. The molecule has 0 spiro atoms. The standard InChI is InChI=1S/C32H41N3O5S/c1-7-25(4)33-32(37)29(20-26-11-9-8-10-12-26)34(21-27-16-13-23(2)14-17-27)31(36)22-35(41(6,38)39)28-19-24(3)15-18-30(28)40-5/h8-19,25,29H,7,20-22H2,1-6H3,(H,33,37). The van der Waals surface area contributed by atoms with Gasteiger partial charge in [0, 0.05) is 19.0 Å². The molecule has 0 aliphatic heterocycles. The molecule has 220 valence electrons. The zero-order chi connectivity index (χ0) is 30.2. The van der Waals surface area contributed by atoms with E-state index in [2.05, 4.69) is 5.32 Å². The van der Waals surface area contributed by atoms with Crippen LogP contribution in [0, 0.1) is 13.8 Å². The van der Waals surface area contributed by atoms with Gasteiger partial charge in [0.15, 0.2) is 0 Å². The number of carbonyl (C=O) groups excluding carboxylic acids is 2. The number of aryl methyl sites for hydroxylation is 2. The molecule has 3 aromatic rings. The highest BCUT2D eigenvalue weighted by molar-refractivity contribution is 7.92. The van der Waals surface area contributed by atoms with E-state index in [1.54, 1.807) is 12.1 Å². The Morgan fingerprint density at radius 2 is 1.56 bits per heavy atom. The molecule has 0 aromatic heterocycles. The normalized spacial score (nSPS) is 12.7. The lowest BCUT2D eigenvalue weighted by molar-refractivity contribution is -0.140. The van der Waals surface area contributed by atoms with Gasteiger partial charge in [0.05, 0.1) is 19.1 Å². The number of benzene rings is 3. The van der Waals surface area contributed by atoms with Crippen LogP contribution in [0.1, 0.15) is 42.5 Å². The van der Waals surface area contributed by atoms with Gasteiger partial charge >= 0.3 is 0 Å². The molecular weight excluding hydrogens is 538 g/mol. The van der Waals surface area contributed by atoms with E-state index >= 15 is 0 Å². The minimum Gasteiger partial charge on any atom is -0.495 e. The Balaban J connectivity index is 2.10. The molecule has 0 aliphatic carbocycles. The molecule has 1 N–H and O–H groups in total. The molecule has 3 rings (SSSR count). The monoisotopic (exact) mass is 579 g/mol. The third-order valence-electron chi connectivity index (χ3n) is 7.03. The second kappa shape index (κ2) is 14.2. The average Bonchev–Trinajstić information content (AvgIpc) is 2.94. The summed E-state index contributed by atoms with van der Waals surface area (Å²) in [5.41, 5.74) is 3.86. The topological polar surface area (TPSA) is 96.0 Å². The molecule has 2 amide bonds. The fourth-order valence-electron chi connectivity index (χ4n) is 4.47. The van der Waals surface area contributed by atoms with Crippen molar-refractivity contribution in [2.24, 2.45) is 0 Å². The summed E-state index contributed by atoms with van der Waals surface area (Å²) in [6, 6.07) is 21.4. The summed E-state index contributed by atoms with van der Waals surface area (Å²) in [5, 5.41) is 3.04. The molecule has 0 aliphatic rings. The number of carbonyl (C=O) groups is 2.